The second kappa shape index (κ2) is 9.57. The van der Waals surface area contributed by atoms with Crippen molar-refractivity contribution in [2.45, 2.75) is 44.6 Å². The van der Waals surface area contributed by atoms with Crippen LogP contribution in [0.25, 0.3) is 0 Å². The smallest absolute Gasteiger partial charge is 0.264 e. The highest BCUT2D eigenvalue weighted by Gasteiger charge is 2.29. The molecule has 0 bridgehead atoms. The Hall–Kier alpha value is -3.12. The number of amides is 1. The Balaban J connectivity index is 1.88. The van der Waals surface area contributed by atoms with Crippen LogP contribution < -0.4 is 9.62 Å². The Morgan fingerprint density at radius 1 is 0.875 bits per heavy atom. The van der Waals surface area contributed by atoms with E-state index in [-0.39, 0.29) is 17.3 Å². The number of nitrogens with zero attached hydrogens (tertiary/aromatic N) is 1. The molecule has 3 aromatic rings. The SMILES string of the molecule is Cc1ccc(N(CC(=O)NC(C)(C)Cc2ccccc2)S(=O)(=O)c2ccccc2)cc1C. The zero-order valence-electron chi connectivity index (χ0n) is 19.0. The van der Waals surface area contributed by atoms with Gasteiger partial charge >= 0.3 is 0 Å². The van der Waals surface area contributed by atoms with Crippen LogP contribution in [-0.4, -0.2) is 26.4 Å². The summed E-state index contributed by atoms with van der Waals surface area (Å²) >= 11 is 0. The minimum Gasteiger partial charge on any atom is -0.349 e. The van der Waals surface area contributed by atoms with Crippen LogP contribution in [0.2, 0.25) is 0 Å². The fraction of sp³-hybridized carbons (Fsp3) is 0.269. The van der Waals surface area contributed by atoms with E-state index in [1.807, 2.05) is 64.1 Å². The van der Waals surface area contributed by atoms with E-state index >= 15 is 0 Å². The predicted molar refractivity (Wildman–Crippen MR) is 129 cm³/mol. The van der Waals surface area contributed by atoms with Gasteiger partial charge in [-0.2, -0.15) is 0 Å². The van der Waals surface area contributed by atoms with Crippen molar-refractivity contribution in [2.75, 3.05) is 10.8 Å². The van der Waals surface area contributed by atoms with Crippen LogP contribution in [-0.2, 0) is 21.2 Å². The molecule has 0 aliphatic rings. The largest absolute Gasteiger partial charge is 0.349 e. The van der Waals surface area contributed by atoms with Crippen LogP contribution >= 0.6 is 0 Å². The van der Waals surface area contributed by atoms with Crippen LogP contribution in [0.3, 0.4) is 0 Å². The maximum Gasteiger partial charge on any atom is 0.264 e. The van der Waals surface area contributed by atoms with Crippen LogP contribution in [0.4, 0.5) is 5.69 Å². The Morgan fingerprint density at radius 3 is 2.06 bits per heavy atom. The maximum atomic E-state index is 13.5. The Morgan fingerprint density at radius 2 is 1.47 bits per heavy atom. The number of carbonyl (C=O) groups excluding carboxylic acids is 1. The topological polar surface area (TPSA) is 66.5 Å². The van der Waals surface area contributed by atoms with Crippen molar-refractivity contribution < 1.29 is 13.2 Å². The molecule has 0 unspecified atom stereocenters. The fourth-order valence-corrected chi connectivity index (χ4v) is 5.05. The van der Waals surface area contributed by atoms with Gasteiger partial charge < -0.3 is 5.32 Å². The van der Waals surface area contributed by atoms with Gasteiger partial charge in [0.2, 0.25) is 5.91 Å². The van der Waals surface area contributed by atoms with E-state index in [1.54, 1.807) is 42.5 Å². The molecule has 3 aromatic carbocycles. The summed E-state index contributed by atoms with van der Waals surface area (Å²) < 4.78 is 28.1. The van der Waals surface area contributed by atoms with Gasteiger partial charge in [0.1, 0.15) is 6.54 Å². The van der Waals surface area contributed by atoms with Gasteiger partial charge in [0, 0.05) is 5.54 Å². The van der Waals surface area contributed by atoms with Gasteiger partial charge in [0.15, 0.2) is 0 Å². The Kier molecular flexibility index (Phi) is 7.04. The number of aryl methyl sites for hydroxylation is 2. The van der Waals surface area contributed by atoms with Crippen LogP contribution in [0.1, 0.15) is 30.5 Å². The molecule has 0 atom stereocenters. The van der Waals surface area contributed by atoms with Crippen LogP contribution in [0, 0.1) is 13.8 Å². The molecule has 0 spiro atoms. The number of rotatable bonds is 8. The molecule has 0 aliphatic carbocycles. The minimum absolute atomic E-state index is 0.148. The van der Waals surface area contributed by atoms with Crippen molar-refractivity contribution in [1.29, 1.82) is 0 Å². The van der Waals surface area contributed by atoms with Crippen molar-refractivity contribution in [3.8, 4) is 0 Å². The summed E-state index contributed by atoms with van der Waals surface area (Å²) in [7, 11) is -3.92. The van der Waals surface area contributed by atoms with Crippen molar-refractivity contribution in [2.24, 2.45) is 0 Å². The Labute approximate surface area is 191 Å². The summed E-state index contributed by atoms with van der Waals surface area (Å²) in [6, 6.07) is 23.5. The highest BCUT2D eigenvalue weighted by Crippen LogP contribution is 2.26. The molecule has 3 rings (SSSR count). The third-order valence-electron chi connectivity index (χ3n) is 5.36. The number of hydrogen-bond acceptors (Lipinski definition) is 3. The van der Waals surface area contributed by atoms with Crippen molar-refractivity contribution in [3.05, 3.63) is 95.6 Å². The third-order valence-corrected chi connectivity index (χ3v) is 7.15. The van der Waals surface area contributed by atoms with E-state index < -0.39 is 15.6 Å². The lowest BCUT2D eigenvalue weighted by Crippen LogP contribution is -2.50. The van der Waals surface area contributed by atoms with Gasteiger partial charge in [0.05, 0.1) is 10.6 Å². The minimum atomic E-state index is -3.92. The standard InChI is InChI=1S/C26H30N2O3S/c1-20-15-16-23(17-21(20)2)28(32(30,31)24-13-9-6-10-14-24)19-25(29)27-26(3,4)18-22-11-7-5-8-12-22/h5-17H,18-19H2,1-4H3,(H,27,29). The fourth-order valence-electron chi connectivity index (χ4n) is 3.61. The normalized spacial score (nSPS) is 11.8. The quantitative estimate of drug-likeness (QED) is 0.544. The zero-order valence-corrected chi connectivity index (χ0v) is 19.8. The summed E-state index contributed by atoms with van der Waals surface area (Å²) in [5.41, 5.74) is 3.04. The maximum absolute atomic E-state index is 13.5. The van der Waals surface area contributed by atoms with Crippen molar-refractivity contribution >= 4 is 21.6 Å². The first kappa shape index (κ1) is 23.5. The van der Waals surface area contributed by atoms with E-state index in [0.717, 1.165) is 16.7 Å². The highest BCUT2D eigenvalue weighted by molar-refractivity contribution is 7.92. The second-order valence-electron chi connectivity index (χ2n) is 8.69. The number of carbonyl (C=O) groups is 1. The molecule has 0 heterocycles. The molecule has 0 radical (unpaired) electrons. The lowest BCUT2D eigenvalue weighted by atomic mass is 9.95. The molecule has 0 saturated heterocycles. The van der Waals surface area contributed by atoms with Gasteiger partial charge in [-0.15, -0.1) is 0 Å². The molecular formula is C26H30N2O3S. The number of anilines is 1. The average molecular weight is 451 g/mol. The summed E-state index contributed by atoms with van der Waals surface area (Å²) in [5.74, 6) is -0.358. The van der Waals surface area contributed by atoms with Crippen molar-refractivity contribution in [1.82, 2.24) is 5.32 Å². The predicted octanol–water partition coefficient (Wildman–Crippen LogP) is 4.64. The molecule has 0 aliphatic heterocycles. The lowest BCUT2D eigenvalue weighted by molar-refractivity contribution is -0.121. The first-order valence-corrected chi connectivity index (χ1v) is 12.0. The molecule has 1 N–H and O–H groups in total. The molecule has 0 aromatic heterocycles. The molecular weight excluding hydrogens is 420 g/mol. The lowest BCUT2D eigenvalue weighted by Gasteiger charge is -2.30. The van der Waals surface area contributed by atoms with Gasteiger partial charge in [-0.3, -0.25) is 9.10 Å². The zero-order chi connectivity index (χ0) is 23.4. The molecule has 1 amide bonds. The van der Waals surface area contributed by atoms with E-state index in [2.05, 4.69) is 5.32 Å². The van der Waals surface area contributed by atoms with Gasteiger partial charge in [-0.25, -0.2) is 8.42 Å². The van der Waals surface area contributed by atoms with E-state index in [1.165, 1.54) is 4.31 Å². The van der Waals surface area contributed by atoms with Gasteiger partial charge in [-0.05, 0) is 75.1 Å². The summed E-state index contributed by atoms with van der Waals surface area (Å²) in [4.78, 5) is 13.2. The van der Waals surface area contributed by atoms with Crippen LogP contribution in [0.5, 0.6) is 0 Å². The first-order chi connectivity index (χ1) is 15.1. The molecule has 0 saturated carbocycles. The third kappa shape index (κ3) is 5.77. The van der Waals surface area contributed by atoms with Gasteiger partial charge in [-0.1, -0.05) is 54.6 Å². The Bertz CT molecular complexity index is 1170. The average Bonchev–Trinajstić information content (AvgIpc) is 2.74. The summed E-state index contributed by atoms with van der Waals surface area (Å²) in [6.07, 6.45) is 0.634. The molecule has 6 heteroatoms. The summed E-state index contributed by atoms with van der Waals surface area (Å²) in [5, 5.41) is 3.01. The molecule has 5 nitrogen and oxygen atoms in total. The highest BCUT2D eigenvalue weighted by atomic mass is 32.2. The van der Waals surface area contributed by atoms with Crippen LogP contribution in [0.15, 0.2) is 83.8 Å². The first-order valence-electron chi connectivity index (χ1n) is 10.6. The van der Waals surface area contributed by atoms with Crippen molar-refractivity contribution in [3.63, 3.8) is 0 Å². The number of benzene rings is 3. The second-order valence-corrected chi connectivity index (χ2v) is 10.6. The summed E-state index contributed by atoms with van der Waals surface area (Å²) in [6.45, 7) is 7.45. The van der Waals surface area contributed by atoms with Gasteiger partial charge in [0.25, 0.3) is 10.0 Å². The van der Waals surface area contributed by atoms with E-state index in [0.29, 0.717) is 12.1 Å². The number of nitrogens with one attached hydrogen (secondary N) is 1. The van der Waals surface area contributed by atoms with E-state index in [4.69, 9.17) is 0 Å². The monoisotopic (exact) mass is 450 g/mol. The number of sulfonamides is 1. The molecule has 32 heavy (non-hydrogen) atoms. The molecule has 168 valence electrons. The molecule has 0 fully saturated rings. The number of hydrogen-bond donors (Lipinski definition) is 1. The van der Waals surface area contributed by atoms with E-state index in [9.17, 15) is 13.2 Å².